The van der Waals surface area contributed by atoms with E-state index in [2.05, 4.69) is 37.5 Å². The number of aromatic nitrogens is 1. The molecule has 7 heteroatoms. The van der Waals surface area contributed by atoms with E-state index in [9.17, 15) is 0 Å². The third kappa shape index (κ3) is 6.15. The summed E-state index contributed by atoms with van der Waals surface area (Å²) >= 11 is 1.70. The maximum Gasteiger partial charge on any atom is 0.193 e. The monoisotopic (exact) mass is 463 g/mol. The number of hydrogen-bond acceptors (Lipinski definition) is 4. The van der Waals surface area contributed by atoms with Crippen LogP contribution in [0.2, 0.25) is 0 Å². The van der Waals surface area contributed by atoms with E-state index in [1.165, 1.54) is 32.2 Å². The van der Waals surface area contributed by atoms with Gasteiger partial charge in [0.1, 0.15) is 0 Å². The Labute approximate surface area is 166 Å². The molecule has 2 fully saturated rings. The van der Waals surface area contributed by atoms with Crippen molar-refractivity contribution in [1.29, 1.82) is 0 Å². The fraction of sp³-hybridized carbons (Fsp3) is 0.765. The molecular weight excluding hydrogens is 433 g/mol. The first-order valence-electron chi connectivity index (χ1n) is 8.72. The van der Waals surface area contributed by atoms with Crippen LogP contribution in [0.1, 0.15) is 36.4 Å². The lowest BCUT2D eigenvalue weighted by Gasteiger charge is -2.25. The van der Waals surface area contributed by atoms with Gasteiger partial charge in [-0.3, -0.25) is 9.89 Å². The van der Waals surface area contributed by atoms with Crippen molar-refractivity contribution in [2.45, 2.75) is 45.2 Å². The van der Waals surface area contributed by atoms with Crippen molar-refractivity contribution >= 4 is 41.3 Å². The molecule has 1 heterocycles. The summed E-state index contributed by atoms with van der Waals surface area (Å²) in [6.45, 7) is 6.26. The molecule has 1 aromatic heterocycles. The number of guanidine groups is 1. The zero-order valence-electron chi connectivity index (χ0n) is 15.0. The fourth-order valence-electron chi connectivity index (χ4n) is 2.99. The molecule has 2 saturated carbocycles. The first-order chi connectivity index (χ1) is 11.2. The summed E-state index contributed by atoms with van der Waals surface area (Å²) in [5.74, 6) is 1.93. The Balaban J connectivity index is 0.00000208. The van der Waals surface area contributed by atoms with Gasteiger partial charge in [0.15, 0.2) is 5.96 Å². The van der Waals surface area contributed by atoms with E-state index in [1.807, 2.05) is 14.0 Å². The molecule has 5 nitrogen and oxygen atoms in total. The predicted octanol–water partition coefficient (Wildman–Crippen LogP) is 2.95. The highest BCUT2D eigenvalue weighted by molar-refractivity contribution is 14.0. The molecule has 2 aliphatic carbocycles. The second-order valence-corrected chi connectivity index (χ2v) is 7.92. The van der Waals surface area contributed by atoms with Gasteiger partial charge in [0, 0.05) is 45.2 Å². The van der Waals surface area contributed by atoms with E-state index in [0.717, 1.165) is 48.3 Å². The summed E-state index contributed by atoms with van der Waals surface area (Å²) in [6, 6.07) is 0.857. The molecule has 0 spiro atoms. The lowest BCUT2D eigenvalue weighted by Crippen LogP contribution is -2.43. The number of aliphatic imine (C=N–C) groups is 1. The molecule has 24 heavy (non-hydrogen) atoms. The van der Waals surface area contributed by atoms with Gasteiger partial charge in [-0.1, -0.05) is 0 Å². The third-order valence-electron chi connectivity index (χ3n) is 4.57. The number of rotatable bonds is 8. The molecule has 2 aliphatic rings. The van der Waals surface area contributed by atoms with Crippen LogP contribution >= 0.6 is 35.3 Å². The van der Waals surface area contributed by atoms with Gasteiger partial charge < -0.3 is 10.2 Å². The Kier molecular flexibility index (Phi) is 7.74. The molecule has 0 amide bonds. The summed E-state index contributed by atoms with van der Waals surface area (Å²) in [5.41, 5.74) is 1.12. The topological polar surface area (TPSA) is 43.8 Å². The Morgan fingerprint density at radius 1 is 1.38 bits per heavy atom. The average molecular weight is 463 g/mol. The van der Waals surface area contributed by atoms with Crippen molar-refractivity contribution < 1.29 is 0 Å². The molecule has 0 atom stereocenters. The SMILES string of the molecule is CN=C(NCCN(CC1CC1)C1CC1)N(C)Cc1csc(C)n1.I. The van der Waals surface area contributed by atoms with Gasteiger partial charge in [0.05, 0.1) is 17.2 Å². The Hall–Kier alpha value is -0.410. The van der Waals surface area contributed by atoms with Crippen LogP contribution in [0.3, 0.4) is 0 Å². The van der Waals surface area contributed by atoms with Gasteiger partial charge in [-0.15, -0.1) is 35.3 Å². The van der Waals surface area contributed by atoms with Crippen LogP contribution in [0.25, 0.3) is 0 Å². The van der Waals surface area contributed by atoms with Crippen LogP contribution in [0.15, 0.2) is 10.4 Å². The van der Waals surface area contributed by atoms with E-state index in [4.69, 9.17) is 0 Å². The maximum absolute atomic E-state index is 4.53. The van der Waals surface area contributed by atoms with Crippen LogP contribution in [0.4, 0.5) is 0 Å². The molecule has 0 aliphatic heterocycles. The molecule has 0 bridgehead atoms. The molecule has 1 N–H and O–H groups in total. The van der Waals surface area contributed by atoms with E-state index in [1.54, 1.807) is 11.3 Å². The quantitative estimate of drug-likeness (QED) is 0.366. The molecule has 136 valence electrons. The number of hydrogen-bond donors (Lipinski definition) is 1. The zero-order chi connectivity index (χ0) is 16.2. The largest absolute Gasteiger partial charge is 0.355 e. The van der Waals surface area contributed by atoms with E-state index < -0.39 is 0 Å². The second-order valence-electron chi connectivity index (χ2n) is 6.86. The van der Waals surface area contributed by atoms with Crippen molar-refractivity contribution in [2.24, 2.45) is 10.9 Å². The van der Waals surface area contributed by atoms with Crippen LogP contribution in [-0.4, -0.2) is 60.5 Å². The van der Waals surface area contributed by atoms with E-state index in [0.29, 0.717) is 0 Å². The summed E-state index contributed by atoms with van der Waals surface area (Å²) in [4.78, 5) is 13.8. The van der Waals surface area contributed by atoms with Crippen LogP contribution < -0.4 is 5.32 Å². The van der Waals surface area contributed by atoms with E-state index >= 15 is 0 Å². The van der Waals surface area contributed by atoms with Crippen LogP contribution in [0.5, 0.6) is 0 Å². The Morgan fingerprint density at radius 2 is 2.12 bits per heavy atom. The van der Waals surface area contributed by atoms with Crippen LogP contribution in [0, 0.1) is 12.8 Å². The smallest absolute Gasteiger partial charge is 0.193 e. The minimum Gasteiger partial charge on any atom is -0.355 e. The zero-order valence-corrected chi connectivity index (χ0v) is 18.1. The van der Waals surface area contributed by atoms with E-state index in [-0.39, 0.29) is 24.0 Å². The third-order valence-corrected chi connectivity index (χ3v) is 5.40. The minimum atomic E-state index is 0. The van der Waals surface area contributed by atoms with Crippen molar-refractivity contribution in [3.8, 4) is 0 Å². The molecule has 3 rings (SSSR count). The fourth-order valence-corrected chi connectivity index (χ4v) is 3.59. The average Bonchev–Trinajstić information content (AvgIpc) is 3.43. The van der Waals surface area contributed by atoms with Crippen molar-refractivity contribution in [2.75, 3.05) is 33.7 Å². The number of nitrogens with zero attached hydrogens (tertiary/aromatic N) is 4. The van der Waals surface area contributed by atoms with Crippen molar-refractivity contribution in [3.63, 3.8) is 0 Å². The summed E-state index contributed by atoms with van der Waals surface area (Å²) in [5, 5.41) is 6.76. The predicted molar refractivity (Wildman–Crippen MR) is 112 cm³/mol. The minimum absolute atomic E-state index is 0. The number of halogens is 1. The first kappa shape index (κ1) is 19.9. The normalized spacial score (nSPS) is 17.8. The lowest BCUT2D eigenvalue weighted by atomic mass is 10.3. The van der Waals surface area contributed by atoms with Crippen molar-refractivity contribution in [3.05, 3.63) is 16.1 Å². The Morgan fingerprint density at radius 3 is 2.67 bits per heavy atom. The van der Waals surface area contributed by atoms with Crippen LogP contribution in [-0.2, 0) is 6.54 Å². The maximum atomic E-state index is 4.53. The van der Waals surface area contributed by atoms with Gasteiger partial charge in [-0.2, -0.15) is 0 Å². The summed E-state index contributed by atoms with van der Waals surface area (Å²) in [6.07, 6.45) is 5.66. The number of thiazole rings is 1. The molecule has 0 radical (unpaired) electrons. The Bertz CT molecular complexity index is 539. The van der Waals surface area contributed by atoms with Gasteiger partial charge in [0.25, 0.3) is 0 Å². The second kappa shape index (κ2) is 9.33. The van der Waals surface area contributed by atoms with Gasteiger partial charge in [-0.05, 0) is 38.5 Å². The summed E-state index contributed by atoms with van der Waals surface area (Å²) < 4.78 is 0. The molecule has 1 aromatic rings. The number of nitrogens with one attached hydrogen (secondary N) is 1. The molecule has 0 saturated heterocycles. The lowest BCUT2D eigenvalue weighted by molar-refractivity contribution is 0.255. The van der Waals surface area contributed by atoms with Gasteiger partial charge in [0.2, 0.25) is 0 Å². The highest BCUT2D eigenvalue weighted by Gasteiger charge is 2.33. The highest BCUT2D eigenvalue weighted by atomic mass is 127. The molecule has 0 unspecified atom stereocenters. The van der Waals surface area contributed by atoms with Gasteiger partial charge >= 0.3 is 0 Å². The highest BCUT2D eigenvalue weighted by Crippen LogP contribution is 2.34. The standard InChI is InChI=1S/C17H29N5S.HI/c1-13-20-15(12-23-13)11-21(3)17(18-2)19-8-9-22(16-6-7-16)10-14-4-5-14;/h12,14,16H,4-11H2,1-3H3,(H,18,19);1H. The summed E-state index contributed by atoms with van der Waals surface area (Å²) in [7, 11) is 3.93. The first-order valence-corrected chi connectivity index (χ1v) is 9.60. The molecule has 0 aromatic carbocycles. The van der Waals surface area contributed by atoms with Crippen molar-refractivity contribution in [1.82, 2.24) is 20.1 Å². The number of aryl methyl sites for hydroxylation is 1. The van der Waals surface area contributed by atoms with Gasteiger partial charge in [-0.25, -0.2) is 4.98 Å². The molecular formula is C17H30IN5S.